The third-order valence-corrected chi connectivity index (χ3v) is 3.66. The van der Waals surface area contributed by atoms with Crippen LogP contribution in [0.25, 0.3) is 0 Å². The van der Waals surface area contributed by atoms with Crippen LogP contribution in [0.3, 0.4) is 0 Å². The minimum absolute atomic E-state index is 0.0658. The quantitative estimate of drug-likeness (QED) is 0.590. The Labute approximate surface area is 118 Å². The van der Waals surface area contributed by atoms with E-state index in [0.717, 1.165) is 11.5 Å². The predicted octanol–water partition coefficient (Wildman–Crippen LogP) is 4.52. The molecule has 3 heteroatoms. The molecule has 0 bridgehead atoms. The first-order valence-corrected chi connectivity index (χ1v) is 7.09. The fourth-order valence-corrected chi connectivity index (χ4v) is 2.51. The van der Waals surface area contributed by atoms with Crippen molar-refractivity contribution in [2.24, 2.45) is 0 Å². The highest BCUT2D eigenvalue weighted by Crippen LogP contribution is 2.27. The molecule has 0 fully saturated rings. The maximum absolute atomic E-state index is 5.86. The summed E-state index contributed by atoms with van der Waals surface area (Å²) in [6.45, 7) is 4.12. The Kier molecular flexibility index (Phi) is 4.74. The Hall–Kier alpha value is -1.61. The number of rotatable bonds is 5. The van der Waals surface area contributed by atoms with Gasteiger partial charge in [0, 0.05) is 4.90 Å². The fourth-order valence-electron chi connectivity index (χ4n) is 1.68. The number of benzene rings is 2. The maximum atomic E-state index is 5.86. The van der Waals surface area contributed by atoms with Gasteiger partial charge in [-0.2, -0.15) is 0 Å². The summed E-state index contributed by atoms with van der Waals surface area (Å²) in [7, 11) is 1.67. The molecule has 0 aromatic heterocycles. The van der Waals surface area contributed by atoms with E-state index >= 15 is 0 Å². The van der Waals surface area contributed by atoms with Crippen LogP contribution in [-0.4, -0.2) is 12.5 Å². The molecule has 0 saturated heterocycles. The van der Waals surface area contributed by atoms with Crippen molar-refractivity contribution in [3.05, 3.63) is 54.1 Å². The first-order valence-electron chi connectivity index (χ1n) is 6.21. The highest BCUT2D eigenvalue weighted by Gasteiger charge is 2.06. The number of ether oxygens (including phenoxy) is 2. The topological polar surface area (TPSA) is 18.5 Å². The molecule has 1 atom stereocenters. The Bertz CT molecular complexity index is 505. The molecule has 0 aliphatic carbocycles. The van der Waals surface area contributed by atoms with Gasteiger partial charge in [0.15, 0.2) is 0 Å². The van der Waals surface area contributed by atoms with Gasteiger partial charge in [-0.1, -0.05) is 29.5 Å². The van der Waals surface area contributed by atoms with Gasteiger partial charge in [0.05, 0.1) is 7.11 Å². The lowest BCUT2D eigenvalue weighted by Gasteiger charge is -2.14. The van der Waals surface area contributed by atoms with E-state index in [2.05, 4.69) is 26.0 Å². The molecule has 0 saturated carbocycles. The van der Waals surface area contributed by atoms with Gasteiger partial charge in [0.2, 0.25) is 0 Å². The SMILES string of the molecule is COc1ccc(SC(C)Oc2ccc(C)cc2)cc1. The highest BCUT2D eigenvalue weighted by molar-refractivity contribution is 7.99. The molecule has 2 rings (SSSR count). The van der Waals surface area contributed by atoms with E-state index in [4.69, 9.17) is 9.47 Å². The second-order valence-corrected chi connectivity index (χ2v) is 5.66. The van der Waals surface area contributed by atoms with Crippen molar-refractivity contribution >= 4 is 11.8 Å². The summed E-state index contributed by atoms with van der Waals surface area (Å²) in [5, 5.41) is 0. The summed E-state index contributed by atoms with van der Waals surface area (Å²) in [5.41, 5.74) is 1.30. The minimum atomic E-state index is 0.0658. The largest absolute Gasteiger partial charge is 0.497 e. The van der Waals surface area contributed by atoms with Crippen LogP contribution in [0.1, 0.15) is 12.5 Å². The molecule has 0 N–H and O–H groups in total. The second kappa shape index (κ2) is 6.53. The molecule has 0 aliphatic heterocycles. The predicted molar refractivity (Wildman–Crippen MR) is 80.1 cm³/mol. The summed E-state index contributed by atoms with van der Waals surface area (Å²) in [4.78, 5) is 1.17. The first-order chi connectivity index (χ1) is 9.17. The van der Waals surface area contributed by atoms with Crippen LogP contribution in [0.5, 0.6) is 11.5 Å². The molecule has 2 aromatic carbocycles. The lowest BCUT2D eigenvalue weighted by atomic mass is 10.2. The molecular weight excluding hydrogens is 256 g/mol. The van der Waals surface area contributed by atoms with E-state index in [1.807, 2.05) is 36.4 Å². The number of hydrogen-bond donors (Lipinski definition) is 0. The van der Waals surface area contributed by atoms with Crippen molar-refractivity contribution in [3.63, 3.8) is 0 Å². The van der Waals surface area contributed by atoms with Crippen LogP contribution in [0.2, 0.25) is 0 Å². The summed E-state index contributed by atoms with van der Waals surface area (Å²) < 4.78 is 11.0. The zero-order valence-corrected chi connectivity index (χ0v) is 12.2. The van der Waals surface area contributed by atoms with Crippen LogP contribution < -0.4 is 9.47 Å². The van der Waals surface area contributed by atoms with Gasteiger partial charge in [-0.3, -0.25) is 0 Å². The fraction of sp³-hybridized carbons (Fsp3) is 0.250. The van der Waals surface area contributed by atoms with Crippen molar-refractivity contribution in [3.8, 4) is 11.5 Å². The summed E-state index contributed by atoms with van der Waals surface area (Å²) in [6, 6.07) is 16.1. The molecule has 0 aliphatic rings. The molecule has 2 aromatic rings. The van der Waals surface area contributed by atoms with E-state index in [9.17, 15) is 0 Å². The van der Waals surface area contributed by atoms with Crippen LogP contribution in [0.4, 0.5) is 0 Å². The molecule has 1 unspecified atom stereocenters. The molecule has 2 nitrogen and oxygen atoms in total. The third-order valence-electron chi connectivity index (χ3n) is 2.68. The third kappa shape index (κ3) is 4.21. The van der Waals surface area contributed by atoms with Crippen molar-refractivity contribution < 1.29 is 9.47 Å². The Morgan fingerprint density at radius 2 is 1.47 bits per heavy atom. The van der Waals surface area contributed by atoms with Crippen molar-refractivity contribution in [1.82, 2.24) is 0 Å². The number of methoxy groups -OCH3 is 1. The van der Waals surface area contributed by atoms with Gasteiger partial charge in [0.1, 0.15) is 16.9 Å². The number of thioether (sulfide) groups is 1. The van der Waals surface area contributed by atoms with Crippen LogP contribution in [0.15, 0.2) is 53.4 Å². The average molecular weight is 274 g/mol. The van der Waals surface area contributed by atoms with Crippen molar-refractivity contribution in [2.75, 3.05) is 7.11 Å². The Morgan fingerprint density at radius 3 is 2.05 bits per heavy atom. The maximum Gasteiger partial charge on any atom is 0.146 e. The van der Waals surface area contributed by atoms with E-state index in [1.165, 1.54) is 10.5 Å². The van der Waals surface area contributed by atoms with Crippen molar-refractivity contribution in [2.45, 2.75) is 24.2 Å². The normalized spacial score (nSPS) is 11.9. The van der Waals surface area contributed by atoms with Crippen LogP contribution in [-0.2, 0) is 0 Å². The molecule has 0 radical (unpaired) electrons. The van der Waals surface area contributed by atoms with Gasteiger partial charge >= 0.3 is 0 Å². The van der Waals surface area contributed by atoms with Gasteiger partial charge in [0.25, 0.3) is 0 Å². The van der Waals surface area contributed by atoms with Crippen molar-refractivity contribution in [1.29, 1.82) is 0 Å². The van der Waals surface area contributed by atoms with Gasteiger partial charge in [-0.15, -0.1) is 0 Å². The average Bonchev–Trinajstić information content (AvgIpc) is 2.42. The molecule has 0 amide bonds. The van der Waals surface area contributed by atoms with E-state index < -0.39 is 0 Å². The van der Waals surface area contributed by atoms with E-state index in [-0.39, 0.29) is 5.44 Å². The molecule has 0 heterocycles. The standard InChI is InChI=1S/C16H18O2S/c1-12-4-6-15(7-5-12)18-13(2)19-16-10-8-14(17-3)9-11-16/h4-11,13H,1-3H3. The zero-order chi connectivity index (χ0) is 13.7. The van der Waals surface area contributed by atoms with E-state index in [0.29, 0.717) is 0 Å². The van der Waals surface area contributed by atoms with Gasteiger partial charge in [-0.05, 0) is 50.2 Å². The van der Waals surface area contributed by atoms with Gasteiger partial charge in [-0.25, -0.2) is 0 Å². The summed E-state index contributed by atoms with van der Waals surface area (Å²) in [6.07, 6.45) is 0. The zero-order valence-electron chi connectivity index (χ0n) is 11.4. The molecule has 100 valence electrons. The van der Waals surface area contributed by atoms with E-state index in [1.54, 1.807) is 18.9 Å². The van der Waals surface area contributed by atoms with Crippen LogP contribution in [0, 0.1) is 6.92 Å². The Balaban J connectivity index is 1.92. The minimum Gasteiger partial charge on any atom is -0.497 e. The monoisotopic (exact) mass is 274 g/mol. The lowest BCUT2D eigenvalue weighted by Crippen LogP contribution is -2.06. The number of hydrogen-bond acceptors (Lipinski definition) is 3. The lowest BCUT2D eigenvalue weighted by molar-refractivity contribution is 0.307. The summed E-state index contributed by atoms with van der Waals surface area (Å²) >= 11 is 1.68. The van der Waals surface area contributed by atoms with Gasteiger partial charge < -0.3 is 9.47 Å². The first kappa shape index (κ1) is 13.8. The second-order valence-electron chi connectivity index (χ2n) is 4.29. The number of aryl methyl sites for hydroxylation is 1. The highest BCUT2D eigenvalue weighted by atomic mass is 32.2. The smallest absolute Gasteiger partial charge is 0.146 e. The Morgan fingerprint density at radius 1 is 0.895 bits per heavy atom. The summed E-state index contributed by atoms with van der Waals surface area (Å²) in [5.74, 6) is 1.77. The molecule has 19 heavy (non-hydrogen) atoms. The molecule has 0 spiro atoms. The molecular formula is C16H18O2S. The van der Waals surface area contributed by atoms with Crippen LogP contribution >= 0.6 is 11.8 Å².